The molecule has 0 bridgehead atoms. The number of carboxylic acid groups (broad SMARTS) is 1. The Morgan fingerprint density at radius 2 is 1.34 bits per heavy atom. The van der Waals surface area contributed by atoms with Gasteiger partial charge in [0.15, 0.2) is 5.54 Å². The van der Waals surface area contributed by atoms with Gasteiger partial charge in [-0.15, -0.1) is 0 Å². The Bertz CT molecular complexity index is 1850. The molecular weight excluding hydrogens is 584 g/mol. The van der Waals surface area contributed by atoms with Gasteiger partial charge in [-0.1, -0.05) is 146 Å². The number of anilines is 1. The van der Waals surface area contributed by atoms with E-state index in [9.17, 15) is 9.90 Å². The van der Waals surface area contributed by atoms with Gasteiger partial charge in [0, 0.05) is 11.1 Å². The number of nitrogens with one attached hydrogen (secondary N) is 1. The molecule has 0 aromatic heterocycles. The molecule has 1 heterocycles. The van der Waals surface area contributed by atoms with Gasteiger partial charge in [0.25, 0.3) is 5.91 Å². The lowest BCUT2D eigenvalue weighted by molar-refractivity contribution is -0.177. The number of aliphatic carboxylic acids is 1. The van der Waals surface area contributed by atoms with Crippen molar-refractivity contribution in [1.82, 2.24) is 5.32 Å². The van der Waals surface area contributed by atoms with Gasteiger partial charge in [0.1, 0.15) is 6.61 Å². The monoisotopic (exact) mass is 620 g/mol. The van der Waals surface area contributed by atoms with Crippen molar-refractivity contribution in [3.8, 4) is 11.8 Å². The van der Waals surface area contributed by atoms with Gasteiger partial charge >= 0.3 is 5.97 Å². The van der Waals surface area contributed by atoms with E-state index in [1.165, 1.54) is 0 Å². The maximum atomic E-state index is 15.2. The lowest BCUT2D eigenvalue weighted by atomic mass is 9.72. The highest BCUT2D eigenvalue weighted by Gasteiger charge is 2.68. The van der Waals surface area contributed by atoms with Crippen molar-refractivity contribution in [1.29, 1.82) is 0 Å². The molecule has 1 aliphatic rings. The molecule has 0 aliphatic carbocycles. The number of benzene rings is 5. The van der Waals surface area contributed by atoms with Crippen LogP contribution in [0.15, 0.2) is 146 Å². The van der Waals surface area contributed by atoms with Crippen molar-refractivity contribution in [2.75, 3.05) is 11.5 Å². The molecule has 1 amide bonds. The second-order valence-electron chi connectivity index (χ2n) is 11.5. The lowest BCUT2D eigenvalue weighted by Crippen LogP contribution is -2.70. The molecule has 47 heavy (non-hydrogen) atoms. The van der Waals surface area contributed by atoms with E-state index in [1.807, 2.05) is 140 Å². The van der Waals surface area contributed by atoms with Crippen molar-refractivity contribution in [2.24, 2.45) is 0 Å². The normalized spacial score (nSPS) is 16.6. The highest BCUT2D eigenvalue weighted by Crippen LogP contribution is 2.52. The van der Waals surface area contributed by atoms with Crippen molar-refractivity contribution < 1.29 is 19.4 Å². The first kappa shape index (κ1) is 31.5. The van der Waals surface area contributed by atoms with Crippen LogP contribution in [0.2, 0.25) is 0 Å². The molecule has 5 aromatic rings. The van der Waals surface area contributed by atoms with E-state index in [0.717, 1.165) is 22.3 Å². The molecule has 2 N–H and O–H groups in total. The third-order valence-electron chi connectivity index (χ3n) is 8.82. The summed E-state index contributed by atoms with van der Waals surface area (Å²) in [7, 11) is 0. The zero-order chi connectivity index (χ0) is 32.7. The number of ether oxygens (including phenoxy) is 1. The molecular formula is C41H36N2O4. The number of hydrogen-bond donors (Lipinski definition) is 2. The average Bonchev–Trinajstić information content (AvgIpc) is 3.36. The van der Waals surface area contributed by atoms with Crippen LogP contribution in [-0.4, -0.2) is 29.1 Å². The Morgan fingerprint density at radius 1 is 0.809 bits per heavy atom. The Labute approximate surface area is 275 Å². The largest absolute Gasteiger partial charge is 0.480 e. The molecule has 1 aliphatic heterocycles. The molecule has 0 saturated heterocycles. The van der Waals surface area contributed by atoms with E-state index < -0.39 is 29.1 Å². The van der Waals surface area contributed by atoms with E-state index in [4.69, 9.17) is 4.74 Å². The summed E-state index contributed by atoms with van der Waals surface area (Å²) in [6.07, 6.45) is 0.0316. The number of carbonyl (C=O) groups excluding carboxylic acids is 1. The zero-order valence-electron chi connectivity index (χ0n) is 26.2. The summed E-state index contributed by atoms with van der Waals surface area (Å²) in [5.74, 6) is 4.50. The minimum absolute atomic E-state index is 0.0316. The highest BCUT2D eigenvalue weighted by atomic mass is 16.5. The lowest BCUT2D eigenvalue weighted by Gasteiger charge is -2.46. The Balaban J connectivity index is 1.54. The number of carbonyl (C=O) groups is 2. The first-order chi connectivity index (χ1) is 23.0. The second-order valence-corrected chi connectivity index (χ2v) is 11.5. The van der Waals surface area contributed by atoms with Crippen LogP contribution >= 0.6 is 0 Å². The first-order valence-electron chi connectivity index (χ1n) is 15.7. The predicted molar refractivity (Wildman–Crippen MR) is 184 cm³/mol. The van der Waals surface area contributed by atoms with E-state index in [2.05, 4.69) is 17.2 Å². The van der Waals surface area contributed by atoms with Gasteiger partial charge in [-0.05, 0) is 41.3 Å². The second kappa shape index (κ2) is 13.9. The van der Waals surface area contributed by atoms with Crippen molar-refractivity contribution in [3.63, 3.8) is 0 Å². The van der Waals surface area contributed by atoms with Crippen molar-refractivity contribution in [2.45, 2.75) is 37.1 Å². The smallest absolute Gasteiger partial charge is 0.327 e. The SMILES string of the molecule is CC[C@](NC(c1ccccc1)c1ccccc1)(C(=O)O)C1(OCC#Cc2ccccc2)C(=O)N(Cc2ccccc2)c2ccccc21. The van der Waals surface area contributed by atoms with Gasteiger partial charge in [-0.25, -0.2) is 0 Å². The summed E-state index contributed by atoms with van der Waals surface area (Å²) in [6.45, 7) is 1.86. The van der Waals surface area contributed by atoms with Crippen LogP contribution in [0.1, 0.15) is 47.2 Å². The quantitative estimate of drug-likeness (QED) is 0.154. The molecule has 0 radical (unpaired) electrons. The Morgan fingerprint density at radius 3 is 1.91 bits per heavy atom. The Kier molecular flexibility index (Phi) is 9.30. The number of amides is 1. The minimum atomic E-state index is -1.97. The predicted octanol–water partition coefficient (Wildman–Crippen LogP) is 7.11. The van der Waals surface area contributed by atoms with E-state index >= 15 is 4.79 Å². The Hall–Kier alpha value is -5.48. The van der Waals surface area contributed by atoms with E-state index in [-0.39, 0.29) is 19.6 Å². The maximum absolute atomic E-state index is 15.2. The molecule has 6 nitrogen and oxygen atoms in total. The standard InChI is InChI=1S/C41H36N2O4/c1-2-40(39(45)46,42-37(33-23-11-5-12-24-33)34-25-13-6-14-26-34)41(47-29-17-22-31-18-7-3-8-19-31)35-27-15-16-28-36(35)43(38(41)44)30-32-20-9-4-10-21-32/h3-16,18-21,23-28,37,42H,2,29-30H2,1H3,(H,45,46)/t40-,41?/m0/s1. The molecule has 5 aromatic carbocycles. The fourth-order valence-corrected chi connectivity index (χ4v) is 6.54. The van der Waals surface area contributed by atoms with Gasteiger partial charge in [-0.2, -0.15) is 0 Å². The summed E-state index contributed by atoms with van der Waals surface area (Å²) in [5, 5.41) is 14.9. The molecule has 2 atom stereocenters. The van der Waals surface area contributed by atoms with Crippen molar-refractivity contribution >= 4 is 17.6 Å². The molecule has 234 valence electrons. The first-order valence-corrected chi connectivity index (χ1v) is 15.7. The summed E-state index contributed by atoms with van der Waals surface area (Å²) < 4.78 is 6.70. The number of rotatable bonds is 11. The number of nitrogens with zero attached hydrogens (tertiary/aromatic N) is 1. The van der Waals surface area contributed by atoms with Crippen LogP contribution in [0, 0.1) is 11.8 Å². The summed E-state index contributed by atoms with van der Waals surface area (Å²) >= 11 is 0. The molecule has 0 fully saturated rings. The minimum Gasteiger partial charge on any atom is -0.480 e. The average molecular weight is 621 g/mol. The number of para-hydroxylation sites is 1. The third-order valence-corrected chi connectivity index (χ3v) is 8.82. The fourth-order valence-electron chi connectivity index (χ4n) is 6.54. The molecule has 6 rings (SSSR count). The third kappa shape index (κ3) is 5.95. The zero-order valence-corrected chi connectivity index (χ0v) is 26.2. The number of carboxylic acids is 1. The molecule has 1 unspecified atom stereocenters. The van der Waals surface area contributed by atoms with Crippen LogP contribution in [0.3, 0.4) is 0 Å². The van der Waals surface area contributed by atoms with Crippen LogP contribution in [0.25, 0.3) is 0 Å². The van der Waals surface area contributed by atoms with Gasteiger partial charge in [-0.3, -0.25) is 14.9 Å². The van der Waals surface area contributed by atoms with Crippen LogP contribution < -0.4 is 10.2 Å². The van der Waals surface area contributed by atoms with Gasteiger partial charge < -0.3 is 14.7 Å². The van der Waals surface area contributed by atoms with Crippen LogP contribution in [-0.2, 0) is 26.5 Å². The van der Waals surface area contributed by atoms with Crippen LogP contribution in [0.4, 0.5) is 5.69 Å². The van der Waals surface area contributed by atoms with Gasteiger partial charge in [0.2, 0.25) is 5.60 Å². The van der Waals surface area contributed by atoms with Crippen molar-refractivity contribution in [3.05, 3.63) is 173 Å². The molecule has 0 saturated carbocycles. The van der Waals surface area contributed by atoms with E-state index in [1.54, 1.807) is 17.9 Å². The topological polar surface area (TPSA) is 78.9 Å². The van der Waals surface area contributed by atoms with Crippen LogP contribution in [0.5, 0.6) is 0 Å². The van der Waals surface area contributed by atoms with Gasteiger partial charge in [0.05, 0.1) is 18.3 Å². The number of fused-ring (bicyclic) bond motifs is 1. The molecule has 0 spiro atoms. The fraction of sp³-hybridized carbons (Fsp3) is 0.171. The van der Waals surface area contributed by atoms with E-state index in [0.29, 0.717) is 11.3 Å². The highest BCUT2D eigenvalue weighted by molar-refractivity contribution is 6.11. The molecule has 6 heteroatoms. The summed E-state index contributed by atoms with van der Waals surface area (Å²) in [4.78, 5) is 30.8. The summed E-state index contributed by atoms with van der Waals surface area (Å²) in [6, 6.07) is 45.3. The maximum Gasteiger partial charge on any atom is 0.327 e. The number of hydrogen-bond acceptors (Lipinski definition) is 4. The summed E-state index contributed by atoms with van der Waals surface area (Å²) in [5.41, 5.74) is 0.622.